The number of amides is 2. The molecule has 6 heteroatoms. The summed E-state index contributed by atoms with van der Waals surface area (Å²) in [5.41, 5.74) is 5.52. The Bertz CT molecular complexity index is 558. The molecule has 3 N–H and O–H groups in total. The van der Waals surface area contributed by atoms with Gasteiger partial charge in [-0.25, -0.2) is 0 Å². The Morgan fingerprint density at radius 1 is 1.26 bits per heavy atom. The topological polar surface area (TPSA) is 84.5 Å². The van der Waals surface area contributed by atoms with Gasteiger partial charge in [-0.2, -0.15) is 4.99 Å². The van der Waals surface area contributed by atoms with Crippen LogP contribution in [0.1, 0.15) is 25.3 Å². The van der Waals surface area contributed by atoms with Crippen molar-refractivity contribution in [3.8, 4) is 0 Å². The first-order chi connectivity index (χ1) is 8.79. The van der Waals surface area contributed by atoms with Crippen molar-refractivity contribution in [1.82, 2.24) is 5.32 Å². The van der Waals surface area contributed by atoms with Gasteiger partial charge in [0.15, 0.2) is 0 Å². The molecule has 1 unspecified atom stereocenters. The number of carbonyl (C=O) groups excluding carboxylic acids is 2. The van der Waals surface area contributed by atoms with Crippen LogP contribution in [0.15, 0.2) is 29.3 Å². The molecule has 0 bridgehead atoms. The van der Waals surface area contributed by atoms with Crippen LogP contribution in [0, 0.1) is 0 Å². The molecule has 2 amide bonds. The van der Waals surface area contributed by atoms with E-state index < -0.39 is 23.3 Å². The Balaban J connectivity index is 2.35. The largest absolute Gasteiger partial charge is 0.319 e. The van der Waals surface area contributed by atoms with Crippen molar-refractivity contribution in [3.05, 3.63) is 34.9 Å². The Labute approximate surface area is 115 Å². The number of nitrogens with zero attached hydrogens (tertiary/aromatic N) is 1. The summed E-state index contributed by atoms with van der Waals surface area (Å²) in [5, 5.41) is 3.12. The lowest BCUT2D eigenvalue weighted by Crippen LogP contribution is -2.55. The van der Waals surface area contributed by atoms with Gasteiger partial charge >= 0.3 is 0 Å². The number of aliphatic imine (C=N–C) groups is 1. The second-order valence-corrected chi connectivity index (χ2v) is 5.43. The molecule has 0 radical (unpaired) electrons. The highest BCUT2D eigenvalue weighted by Crippen LogP contribution is 2.23. The third kappa shape index (κ3) is 2.83. The van der Waals surface area contributed by atoms with Crippen LogP contribution in [0.3, 0.4) is 0 Å². The molecule has 1 heterocycles. The first-order valence-electron chi connectivity index (χ1n) is 5.77. The first-order valence-corrected chi connectivity index (χ1v) is 6.15. The molecule has 1 aliphatic rings. The fourth-order valence-corrected chi connectivity index (χ4v) is 1.88. The average molecular weight is 280 g/mol. The van der Waals surface area contributed by atoms with Crippen molar-refractivity contribution in [1.29, 1.82) is 0 Å². The zero-order chi connectivity index (χ0) is 14.2. The van der Waals surface area contributed by atoms with Crippen LogP contribution in [-0.4, -0.2) is 23.2 Å². The Morgan fingerprint density at radius 3 is 2.32 bits per heavy atom. The van der Waals surface area contributed by atoms with Gasteiger partial charge in [0.05, 0.1) is 5.54 Å². The van der Waals surface area contributed by atoms with E-state index in [4.69, 9.17) is 17.3 Å². The lowest BCUT2D eigenvalue weighted by atomic mass is 9.94. The maximum Gasteiger partial charge on any atom is 0.264 e. The molecule has 0 fully saturated rings. The van der Waals surface area contributed by atoms with Gasteiger partial charge in [-0.3, -0.25) is 9.59 Å². The third-order valence-electron chi connectivity index (χ3n) is 2.79. The van der Waals surface area contributed by atoms with Crippen molar-refractivity contribution in [2.24, 2.45) is 10.7 Å². The second kappa shape index (κ2) is 4.75. The maximum atomic E-state index is 12.0. The fourth-order valence-electron chi connectivity index (χ4n) is 1.76. The monoisotopic (exact) mass is 279 g/mol. The van der Waals surface area contributed by atoms with Crippen LogP contribution in [0.5, 0.6) is 0 Å². The summed E-state index contributed by atoms with van der Waals surface area (Å²) >= 11 is 5.78. The van der Waals surface area contributed by atoms with Crippen LogP contribution in [-0.2, 0) is 9.59 Å². The molecule has 1 atom stereocenters. The number of nitrogens with one attached hydrogen (secondary N) is 1. The zero-order valence-electron chi connectivity index (χ0n) is 10.6. The number of benzene rings is 1. The molecule has 0 saturated carbocycles. The van der Waals surface area contributed by atoms with Gasteiger partial charge in [-0.15, -0.1) is 0 Å². The van der Waals surface area contributed by atoms with E-state index in [1.807, 2.05) is 0 Å². The van der Waals surface area contributed by atoms with Gasteiger partial charge in [-0.05, 0) is 31.5 Å². The Kier molecular flexibility index (Phi) is 3.43. The van der Waals surface area contributed by atoms with Crippen LogP contribution >= 0.6 is 11.6 Å². The van der Waals surface area contributed by atoms with E-state index in [0.29, 0.717) is 10.6 Å². The molecule has 0 spiro atoms. The SMILES string of the molecule is CC(C)(N)C1=NC(=O)C(c2ccc(Cl)cc2)C(=O)N1. The van der Waals surface area contributed by atoms with E-state index in [2.05, 4.69) is 10.3 Å². The first kappa shape index (κ1) is 13.7. The van der Waals surface area contributed by atoms with E-state index >= 15 is 0 Å². The third-order valence-corrected chi connectivity index (χ3v) is 3.04. The highest BCUT2D eigenvalue weighted by molar-refractivity contribution is 6.30. The minimum absolute atomic E-state index is 0.188. The van der Waals surface area contributed by atoms with Crippen LogP contribution < -0.4 is 11.1 Å². The quantitative estimate of drug-likeness (QED) is 0.798. The van der Waals surface area contributed by atoms with Gasteiger partial charge < -0.3 is 11.1 Å². The zero-order valence-corrected chi connectivity index (χ0v) is 11.4. The van der Waals surface area contributed by atoms with Gasteiger partial charge in [-0.1, -0.05) is 23.7 Å². The number of hydrogen-bond acceptors (Lipinski definition) is 3. The van der Waals surface area contributed by atoms with E-state index in [9.17, 15) is 9.59 Å². The summed E-state index contributed by atoms with van der Waals surface area (Å²) in [4.78, 5) is 27.9. The van der Waals surface area contributed by atoms with Crippen LogP contribution in [0.2, 0.25) is 5.02 Å². The molecule has 1 aliphatic heterocycles. The van der Waals surface area contributed by atoms with Crippen molar-refractivity contribution in [2.45, 2.75) is 25.3 Å². The molecular weight excluding hydrogens is 266 g/mol. The van der Waals surface area contributed by atoms with Crippen LogP contribution in [0.25, 0.3) is 0 Å². The van der Waals surface area contributed by atoms with E-state index in [1.165, 1.54) is 0 Å². The number of rotatable bonds is 2. The summed E-state index contributed by atoms with van der Waals surface area (Å²) in [6.07, 6.45) is 0. The summed E-state index contributed by atoms with van der Waals surface area (Å²) < 4.78 is 0. The van der Waals surface area contributed by atoms with Gasteiger partial charge in [0.25, 0.3) is 5.91 Å². The predicted molar refractivity (Wildman–Crippen MR) is 73.0 cm³/mol. The number of hydrogen-bond donors (Lipinski definition) is 2. The van der Waals surface area contributed by atoms with Gasteiger partial charge in [0.2, 0.25) is 5.91 Å². The minimum atomic E-state index is -0.941. The van der Waals surface area contributed by atoms with Crippen molar-refractivity contribution in [3.63, 3.8) is 0 Å². The molecule has 0 aliphatic carbocycles. The molecule has 2 rings (SSSR count). The molecule has 19 heavy (non-hydrogen) atoms. The van der Waals surface area contributed by atoms with Crippen molar-refractivity contribution < 1.29 is 9.59 Å². The Morgan fingerprint density at radius 2 is 1.84 bits per heavy atom. The standard InChI is InChI=1S/C13H14ClN3O2/c1-13(2,15)12-16-10(18)9(11(19)17-12)7-3-5-8(14)6-4-7/h3-6,9H,15H2,1-2H3,(H,16,17,18,19). The molecule has 100 valence electrons. The number of halogens is 1. The average Bonchev–Trinajstić information content (AvgIpc) is 2.29. The minimum Gasteiger partial charge on any atom is -0.319 e. The summed E-state index contributed by atoms with van der Waals surface area (Å²) in [6.45, 7) is 3.34. The highest BCUT2D eigenvalue weighted by Gasteiger charge is 2.36. The maximum absolute atomic E-state index is 12.0. The number of nitrogens with two attached hydrogens (primary N) is 1. The lowest BCUT2D eigenvalue weighted by Gasteiger charge is -2.27. The lowest BCUT2D eigenvalue weighted by molar-refractivity contribution is -0.130. The second-order valence-electron chi connectivity index (χ2n) is 4.99. The van der Waals surface area contributed by atoms with Crippen molar-refractivity contribution in [2.75, 3.05) is 0 Å². The van der Waals surface area contributed by atoms with Crippen molar-refractivity contribution >= 4 is 29.3 Å². The van der Waals surface area contributed by atoms with Gasteiger partial charge in [0.1, 0.15) is 11.8 Å². The summed E-state index contributed by atoms with van der Waals surface area (Å²) in [6, 6.07) is 6.53. The number of amidine groups is 1. The Hall–Kier alpha value is -1.72. The molecule has 5 nitrogen and oxygen atoms in total. The smallest absolute Gasteiger partial charge is 0.264 e. The molecular formula is C13H14ClN3O2. The van der Waals surface area contributed by atoms with E-state index in [1.54, 1.807) is 38.1 Å². The molecule has 1 aromatic rings. The van der Waals surface area contributed by atoms with E-state index in [-0.39, 0.29) is 5.84 Å². The molecule has 0 saturated heterocycles. The summed E-state index contributed by atoms with van der Waals surface area (Å²) in [7, 11) is 0. The van der Waals surface area contributed by atoms with Crippen LogP contribution in [0.4, 0.5) is 0 Å². The molecule has 1 aromatic carbocycles. The highest BCUT2D eigenvalue weighted by atomic mass is 35.5. The summed E-state index contributed by atoms with van der Waals surface area (Å²) in [5.74, 6) is -1.69. The number of carbonyl (C=O) groups is 2. The predicted octanol–water partition coefficient (Wildman–Crippen LogP) is 1.22. The van der Waals surface area contributed by atoms with Gasteiger partial charge in [0, 0.05) is 5.02 Å². The molecule has 0 aromatic heterocycles. The normalized spacial score (nSPS) is 20.0. The van der Waals surface area contributed by atoms with E-state index in [0.717, 1.165) is 0 Å². The fraction of sp³-hybridized carbons (Fsp3) is 0.308.